The van der Waals surface area contributed by atoms with Gasteiger partial charge in [-0.15, -0.1) is 0 Å². The van der Waals surface area contributed by atoms with Crippen molar-refractivity contribution in [2.45, 2.75) is 19.1 Å². The van der Waals surface area contributed by atoms with Crippen LogP contribution in [-0.4, -0.2) is 0 Å². The molecule has 0 aliphatic carbocycles. The predicted molar refractivity (Wildman–Crippen MR) is 78.7 cm³/mol. The summed E-state index contributed by atoms with van der Waals surface area (Å²) in [6, 6.07) is 7.76. The van der Waals surface area contributed by atoms with E-state index in [-0.39, 0.29) is 0 Å². The molecule has 0 aliphatic rings. The molecule has 0 radical (unpaired) electrons. The van der Waals surface area contributed by atoms with Gasteiger partial charge in [0.2, 0.25) is 0 Å². The van der Waals surface area contributed by atoms with Crippen LogP contribution in [0.3, 0.4) is 0 Å². The highest BCUT2D eigenvalue weighted by Crippen LogP contribution is 2.33. The van der Waals surface area contributed by atoms with Gasteiger partial charge in [-0.3, -0.25) is 0 Å². The third-order valence-corrected chi connectivity index (χ3v) is 3.61. The molecule has 0 bridgehead atoms. The molecule has 0 saturated heterocycles. The standard InChI is InChI=1S/C15H12Cl2F3N/c1-8-4-10(15(18,19)20)2-3-13(8)14(21)9-5-11(16)7-12(17)6-9/h2-7,14H,21H2,1H3. The van der Waals surface area contributed by atoms with Crippen molar-refractivity contribution in [3.05, 3.63) is 68.7 Å². The van der Waals surface area contributed by atoms with Gasteiger partial charge in [0, 0.05) is 10.0 Å². The van der Waals surface area contributed by atoms with E-state index in [1.807, 2.05) is 0 Å². The Balaban J connectivity index is 2.42. The summed E-state index contributed by atoms with van der Waals surface area (Å²) in [4.78, 5) is 0. The Hall–Kier alpha value is -1.23. The third kappa shape index (κ3) is 3.70. The van der Waals surface area contributed by atoms with Gasteiger partial charge >= 0.3 is 6.18 Å². The zero-order chi connectivity index (χ0) is 15.8. The van der Waals surface area contributed by atoms with Crippen molar-refractivity contribution in [2.75, 3.05) is 0 Å². The largest absolute Gasteiger partial charge is 0.416 e. The third-order valence-electron chi connectivity index (χ3n) is 3.18. The summed E-state index contributed by atoms with van der Waals surface area (Å²) in [6.07, 6.45) is -4.37. The Morgan fingerprint density at radius 1 is 1.00 bits per heavy atom. The average Bonchev–Trinajstić information content (AvgIpc) is 2.35. The molecule has 1 nitrogen and oxygen atoms in total. The summed E-state index contributed by atoms with van der Waals surface area (Å²) in [7, 11) is 0. The second-order valence-electron chi connectivity index (χ2n) is 4.75. The lowest BCUT2D eigenvalue weighted by atomic mass is 9.94. The summed E-state index contributed by atoms with van der Waals surface area (Å²) >= 11 is 11.8. The van der Waals surface area contributed by atoms with E-state index in [2.05, 4.69) is 0 Å². The molecular weight excluding hydrogens is 322 g/mol. The highest BCUT2D eigenvalue weighted by atomic mass is 35.5. The van der Waals surface area contributed by atoms with Crippen molar-refractivity contribution in [1.82, 2.24) is 0 Å². The zero-order valence-corrected chi connectivity index (χ0v) is 12.5. The molecular formula is C15H12Cl2F3N. The molecule has 0 aliphatic heterocycles. The molecule has 2 rings (SSSR count). The maximum Gasteiger partial charge on any atom is 0.416 e. The van der Waals surface area contributed by atoms with Crippen LogP contribution in [0, 0.1) is 6.92 Å². The number of nitrogens with two attached hydrogens (primary N) is 1. The fourth-order valence-corrected chi connectivity index (χ4v) is 2.68. The molecule has 1 atom stereocenters. The first-order valence-corrected chi connectivity index (χ1v) is 6.83. The van der Waals surface area contributed by atoms with E-state index < -0.39 is 17.8 Å². The van der Waals surface area contributed by atoms with Crippen molar-refractivity contribution >= 4 is 23.2 Å². The first kappa shape index (κ1) is 16.1. The molecule has 0 spiro atoms. The first-order chi connectivity index (χ1) is 9.68. The summed E-state index contributed by atoms with van der Waals surface area (Å²) in [6.45, 7) is 1.59. The van der Waals surface area contributed by atoms with Gasteiger partial charge in [0.25, 0.3) is 0 Å². The average molecular weight is 334 g/mol. The van der Waals surface area contributed by atoms with Gasteiger partial charge in [-0.25, -0.2) is 0 Å². The fourth-order valence-electron chi connectivity index (χ4n) is 2.14. The van der Waals surface area contributed by atoms with Gasteiger partial charge < -0.3 is 5.73 Å². The Morgan fingerprint density at radius 2 is 1.57 bits per heavy atom. The molecule has 0 fully saturated rings. The van der Waals surface area contributed by atoms with Crippen LogP contribution < -0.4 is 5.73 Å². The molecule has 2 aromatic carbocycles. The SMILES string of the molecule is Cc1cc(C(F)(F)F)ccc1C(N)c1cc(Cl)cc(Cl)c1. The molecule has 0 saturated carbocycles. The molecule has 2 aromatic rings. The van der Waals surface area contributed by atoms with Crippen LogP contribution in [0.5, 0.6) is 0 Å². The lowest BCUT2D eigenvalue weighted by Gasteiger charge is -2.17. The van der Waals surface area contributed by atoms with Crippen LogP contribution in [0.25, 0.3) is 0 Å². The first-order valence-electron chi connectivity index (χ1n) is 6.08. The van der Waals surface area contributed by atoms with Crippen LogP contribution >= 0.6 is 23.2 Å². The summed E-state index contributed by atoms with van der Waals surface area (Å²) in [5.41, 5.74) is 7.13. The Bertz CT molecular complexity index is 648. The van der Waals surface area contributed by atoms with Crippen LogP contribution in [0.15, 0.2) is 36.4 Å². The van der Waals surface area contributed by atoms with Gasteiger partial charge in [-0.1, -0.05) is 29.3 Å². The maximum absolute atomic E-state index is 12.7. The van der Waals surface area contributed by atoms with E-state index in [1.165, 1.54) is 6.07 Å². The van der Waals surface area contributed by atoms with E-state index >= 15 is 0 Å². The molecule has 1 unspecified atom stereocenters. The van der Waals surface area contributed by atoms with Crippen molar-refractivity contribution in [2.24, 2.45) is 5.73 Å². The van der Waals surface area contributed by atoms with Crippen molar-refractivity contribution in [1.29, 1.82) is 0 Å². The second kappa shape index (κ2) is 5.87. The van der Waals surface area contributed by atoms with Gasteiger partial charge in [0.1, 0.15) is 0 Å². The summed E-state index contributed by atoms with van der Waals surface area (Å²) in [5.74, 6) is 0. The molecule has 6 heteroatoms. The molecule has 2 N–H and O–H groups in total. The van der Waals surface area contributed by atoms with Crippen LogP contribution in [0.2, 0.25) is 10.0 Å². The summed E-state index contributed by atoms with van der Waals surface area (Å²) < 4.78 is 38.0. The van der Waals surface area contributed by atoms with Crippen molar-refractivity contribution in [3.63, 3.8) is 0 Å². The molecule has 0 heterocycles. The number of hydrogen-bond donors (Lipinski definition) is 1. The lowest BCUT2D eigenvalue weighted by molar-refractivity contribution is -0.137. The fraction of sp³-hybridized carbons (Fsp3) is 0.200. The highest BCUT2D eigenvalue weighted by Gasteiger charge is 2.31. The maximum atomic E-state index is 12.7. The van der Waals surface area contributed by atoms with Crippen LogP contribution in [0.1, 0.15) is 28.3 Å². The number of benzene rings is 2. The van der Waals surface area contributed by atoms with Gasteiger partial charge in [0.05, 0.1) is 11.6 Å². The summed E-state index contributed by atoms with van der Waals surface area (Å²) in [5, 5.41) is 0.857. The van der Waals surface area contributed by atoms with Gasteiger partial charge in [-0.2, -0.15) is 13.2 Å². The number of halogens is 5. The quantitative estimate of drug-likeness (QED) is 0.785. The Labute approximate surface area is 130 Å². The molecule has 21 heavy (non-hydrogen) atoms. The van der Waals surface area contributed by atoms with Crippen molar-refractivity contribution in [3.8, 4) is 0 Å². The number of hydrogen-bond acceptors (Lipinski definition) is 1. The smallest absolute Gasteiger partial charge is 0.320 e. The predicted octanol–water partition coefficient (Wildman–Crippen LogP) is 5.37. The molecule has 0 aromatic heterocycles. The van der Waals surface area contributed by atoms with Crippen LogP contribution in [-0.2, 0) is 6.18 Å². The van der Waals surface area contributed by atoms with E-state index in [0.717, 1.165) is 12.1 Å². The monoisotopic (exact) mass is 333 g/mol. The number of aryl methyl sites for hydroxylation is 1. The minimum Gasteiger partial charge on any atom is -0.320 e. The van der Waals surface area contributed by atoms with Crippen molar-refractivity contribution < 1.29 is 13.2 Å². The Morgan fingerprint density at radius 3 is 2.05 bits per heavy atom. The topological polar surface area (TPSA) is 26.0 Å². The van der Waals surface area contributed by atoms with E-state index in [4.69, 9.17) is 28.9 Å². The van der Waals surface area contributed by atoms with Gasteiger partial charge in [-0.05, 0) is 53.9 Å². The van der Waals surface area contributed by atoms with E-state index in [9.17, 15) is 13.2 Å². The number of alkyl halides is 3. The Kier molecular flexibility index (Phi) is 4.51. The normalized spacial score (nSPS) is 13.3. The minimum absolute atomic E-state index is 0.428. The molecule has 0 amide bonds. The highest BCUT2D eigenvalue weighted by molar-refractivity contribution is 6.34. The minimum atomic E-state index is -4.37. The number of rotatable bonds is 2. The zero-order valence-electron chi connectivity index (χ0n) is 11.0. The molecule has 112 valence electrons. The van der Waals surface area contributed by atoms with E-state index in [0.29, 0.717) is 26.7 Å². The lowest BCUT2D eigenvalue weighted by Crippen LogP contribution is -2.14. The second-order valence-corrected chi connectivity index (χ2v) is 5.62. The van der Waals surface area contributed by atoms with E-state index in [1.54, 1.807) is 25.1 Å². The van der Waals surface area contributed by atoms with Crippen LogP contribution in [0.4, 0.5) is 13.2 Å². The van der Waals surface area contributed by atoms with Gasteiger partial charge in [0.15, 0.2) is 0 Å².